The van der Waals surface area contributed by atoms with Crippen LogP contribution in [0.5, 0.6) is 0 Å². The Kier molecular flexibility index (Phi) is 1.69. The van der Waals surface area contributed by atoms with Gasteiger partial charge in [0.1, 0.15) is 0 Å². The molecule has 0 spiro atoms. The fraction of sp³-hybridized carbons (Fsp3) is 0.176. The first-order valence-electron chi connectivity index (χ1n) is 6.24. The SMILES string of the molecule is CC1=Cc2ccc3c4c(ccc(c24)C1)CC=C3. The van der Waals surface area contributed by atoms with Crippen molar-refractivity contribution in [3.8, 4) is 0 Å². The van der Waals surface area contributed by atoms with E-state index in [0.717, 1.165) is 12.8 Å². The highest BCUT2D eigenvalue weighted by molar-refractivity contribution is 6.03. The fourth-order valence-corrected chi connectivity index (χ4v) is 3.20. The molecule has 0 atom stereocenters. The standard InChI is InChI=1S/C17H14/c1-11-9-14-7-5-12-3-2-4-13-6-8-15(10-11)17(14)16(12)13/h2-3,5-9H,4,10H2,1H3. The van der Waals surface area contributed by atoms with Gasteiger partial charge in [-0.05, 0) is 52.8 Å². The molecule has 0 heterocycles. The van der Waals surface area contributed by atoms with Gasteiger partial charge in [0.05, 0.1) is 0 Å². The van der Waals surface area contributed by atoms with Crippen LogP contribution in [0.3, 0.4) is 0 Å². The summed E-state index contributed by atoms with van der Waals surface area (Å²) in [5.74, 6) is 0. The van der Waals surface area contributed by atoms with Crippen LogP contribution in [0.4, 0.5) is 0 Å². The highest BCUT2D eigenvalue weighted by Crippen LogP contribution is 2.37. The monoisotopic (exact) mass is 218 g/mol. The van der Waals surface area contributed by atoms with Crippen molar-refractivity contribution in [2.45, 2.75) is 19.8 Å². The topological polar surface area (TPSA) is 0 Å². The lowest BCUT2D eigenvalue weighted by Gasteiger charge is -2.21. The summed E-state index contributed by atoms with van der Waals surface area (Å²) >= 11 is 0. The third kappa shape index (κ3) is 1.18. The molecule has 4 rings (SSSR count). The van der Waals surface area contributed by atoms with E-state index in [1.807, 2.05) is 0 Å². The summed E-state index contributed by atoms with van der Waals surface area (Å²) in [6.07, 6.45) is 9.06. The zero-order chi connectivity index (χ0) is 11.4. The molecule has 17 heavy (non-hydrogen) atoms. The van der Waals surface area contributed by atoms with Crippen LogP contribution in [0.15, 0.2) is 35.9 Å². The van der Waals surface area contributed by atoms with Gasteiger partial charge in [-0.1, -0.05) is 48.1 Å². The normalized spacial score (nSPS) is 16.2. The van der Waals surface area contributed by atoms with Crippen LogP contribution < -0.4 is 0 Å². The molecule has 2 aromatic carbocycles. The molecule has 0 unspecified atom stereocenters. The van der Waals surface area contributed by atoms with Gasteiger partial charge >= 0.3 is 0 Å². The van der Waals surface area contributed by atoms with Crippen molar-refractivity contribution in [3.63, 3.8) is 0 Å². The Morgan fingerprint density at radius 3 is 2.59 bits per heavy atom. The van der Waals surface area contributed by atoms with Gasteiger partial charge in [0, 0.05) is 0 Å². The molecule has 0 nitrogen and oxygen atoms in total. The van der Waals surface area contributed by atoms with Crippen LogP contribution >= 0.6 is 0 Å². The predicted molar refractivity (Wildman–Crippen MR) is 74.0 cm³/mol. The van der Waals surface area contributed by atoms with Crippen molar-refractivity contribution in [2.24, 2.45) is 0 Å². The maximum absolute atomic E-state index is 2.34. The largest absolute Gasteiger partial charge is 0.0795 e. The van der Waals surface area contributed by atoms with E-state index in [1.165, 1.54) is 38.6 Å². The second-order valence-corrected chi connectivity index (χ2v) is 5.15. The molecule has 2 aliphatic carbocycles. The lowest BCUT2D eigenvalue weighted by atomic mass is 9.83. The van der Waals surface area contributed by atoms with E-state index in [9.17, 15) is 0 Å². The van der Waals surface area contributed by atoms with Crippen molar-refractivity contribution >= 4 is 22.9 Å². The third-order valence-corrected chi connectivity index (χ3v) is 3.90. The summed E-state index contributed by atoms with van der Waals surface area (Å²) in [5, 5.41) is 2.99. The predicted octanol–water partition coefficient (Wildman–Crippen LogP) is 4.37. The van der Waals surface area contributed by atoms with Gasteiger partial charge in [-0.25, -0.2) is 0 Å². The smallest absolute Gasteiger partial charge is 0.00602 e. The summed E-state index contributed by atoms with van der Waals surface area (Å²) in [6.45, 7) is 2.22. The molecule has 2 aliphatic rings. The molecule has 0 bridgehead atoms. The molecular formula is C17H14. The van der Waals surface area contributed by atoms with E-state index < -0.39 is 0 Å². The zero-order valence-electron chi connectivity index (χ0n) is 9.96. The van der Waals surface area contributed by atoms with E-state index in [2.05, 4.69) is 49.4 Å². The van der Waals surface area contributed by atoms with Gasteiger partial charge in [-0.3, -0.25) is 0 Å². The maximum atomic E-state index is 2.34. The van der Waals surface area contributed by atoms with Gasteiger partial charge in [-0.15, -0.1) is 0 Å². The zero-order valence-corrected chi connectivity index (χ0v) is 9.96. The second kappa shape index (κ2) is 3.10. The molecule has 0 N–H and O–H groups in total. The van der Waals surface area contributed by atoms with Crippen LogP contribution in [0.25, 0.3) is 22.9 Å². The number of hydrogen-bond acceptors (Lipinski definition) is 0. The van der Waals surface area contributed by atoms with Crippen molar-refractivity contribution in [3.05, 3.63) is 58.2 Å². The van der Waals surface area contributed by atoms with Crippen molar-refractivity contribution in [2.75, 3.05) is 0 Å². The first kappa shape index (κ1) is 9.23. The van der Waals surface area contributed by atoms with Crippen LogP contribution in [0.1, 0.15) is 29.2 Å². The molecule has 0 amide bonds. The number of rotatable bonds is 0. The van der Waals surface area contributed by atoms with Crippen LogP contribution in [-0.4, -0.2) is 0 Å². The molecule has 0 radical (unpaired) electrons. The number of hydrogen-bond donors (Lipinski definition) is 0. The fourth-order valence-electron chi connectivity index (χ4n) is 3.20. The summed E-state index contributed by atoms with van der Waals surface area (Å²) in [5.41, 5.74) is 7.23. The lowest BCUT2D eigenvalue weighted by molar-refractivity contribution is 1.15. The summed E-state index contributed by atoms with van der Waals surface area (Å²) in [4.78, 5) is 0. The molecule has 2 aromatic rings. The average molecular weight is 218 g/mol. The molecule has 82 valence electrons. The van der Waals surface area contributed by atoms with Crippen molar-refractivity contribution in [1.29, 1.82) is 0 Å². The minimum Gasteiger partial charge on any atom is -0.0795 e. The highest BCUT2D eigenvalue weighted by Gasteiger charge is 2.16. The van der Waals surface area contributed by atoms with E-state index >= 15 is 0 Å². The second-order valence-electron chi connectivity index (χ2n) is 5.15. The summed E-state index contributed by atoms with van der Waals surface area (Å²) in [7, 11) is 0. The molecule has 0 saturated carbocycles. The van der Waals surface area contributed by atoms with Crippen molar-refractivity contribution in [1.82, 2.24) is 0 Å². The molecule has 0 aromatic heterocycles. The van der Waals surface area contributed by atoms with Gasteiger partial charge in [0.2, 0.25) is 0 Å². The van der Waals surface area contributed by atoms with Crippen molar-refractivity contribution < 1.29 is 0 Å². The quantitative estimate of drug-likeness (QED) is 0.616. The van der Waals surface area contributed by atoms with E-state index in [1.54, 1.807) is 0 Å². The molecular weight excluding hydrogens is 204 g/mol. The van der Waals surface area contributed by atoms with Crippen LogP contribution in [-0.2, 0) is 12.8 Å². The maximum Gasteiger partial charge on any atom is -0.00602 e. The van der Waals surface area contributed by atoms with Gasteiger partial charge in [0.25, 0.3) is 0 Å². The Morgan fingerprint density at radius 2 is 1.65 bits per heavy atom. The van der Waals surface area contributed by atoms with E-state index in [4.69, 9.17) is 0 Å². The average Bonchev–Trinajstić information content (AvgIpc) is 2.35. The Hall–Kier alpha value is -1.82. The first-order valence-corrected chi connectivity index (χ1v) is 6.24. The first-order chi connectivity index (χ1) is 8.33. The number of benzene rings is 2. The molecule has 0 heteroatoms. The number of allylic oxidation sites excluding steroid dienone is 2. The van der Waals surface area contributed by atoms with E-state index in [0.29, 0.717) is 0 Å². The van der Waals surface area contributed by atoms with Gasteiger partial charge in [-0.2, -0.15) is 0 Å². The molecule has 0 fully saturated rings. The minimum absolute atomic E-state index is 1.08. The third-order valence-electron chi connectivity index (χ3n) is 3.90. The minimum atomic E-state index is 1.08. The summed E-state index contributed by atoms with van der Waals surface area (Å²) < 4.78 is 0. The Morgan fingerprint density at radius 1 is 0.882 bits per heavy atom. The van der Waals surface area contributed by atoms with Crippen LogP contribution in [0.2, 0.25) is 0 Å². The molecule has 0 saturated heterocycles. The Balaban J connectivity index is 2.24. The molecule has 0 aliphatic heterocycles. The van der Waals surface area contributed by atoms with Crippen LogP contribution in [0, 0.1) is 0 Å². The Labute approximate surface area is 101 Å². The summed E-state index contributed by atoms with van der Waals surface area (Å²) in [6, 6.07) is 9.16. The Bertz CT molecular complexity index is 700. The lowest BCUT2D eigenvalue weighted by Crippen LogP contribution is -2.02. The highest BCUT2D eigenvalue weighted by atomic mass is 14.2. The van der Waals surface area contributed by atoms with Gasteiger partial charge < -0.3 is 0 Å². The van der Waals surface area contributed by atoms with Gasteiger partial charge in [0.15, 0.2) is 0 Å². The van der Waals surface area contributed by atoms with E-state index in [-0.39, 0.29) is 0 Å².